The Balaban J connectivity index is 2.57. The minimum Gasteiger partial charge on any atom is -0.480 e. The van der Waals surface area contributed by atoms with Crippen molar-refractivity contribution in [3.63, 3.8) is 0 Å². The molecule has 0 radical (unpaired) electrons. The van der Waals surface area contributed by atoms with Crippen LogP contribution < -0.4 is 0 Å². The number of carbonyl (C=O) groups is 1. The summed E-state index contributed by atoms with van der Waals surface area (Å²) in [4.78, 5) is 10.9. The molecule has 16 heavy (non-hydrogen) atoms. The summed E-state index contributed by atoms with van der Waals surface area (Å²) in [5.74, 6) is -0.695. The molecule has 0 amide bonds. The van der Waals surface area contributed by atoms with Crippen molar-refractivity contribution in [2.45, 2.75) is 63.4 Å². The summed E-state index contributed by atoms with van der Waals surface area (Å²) in [5, 5.41) is 8.64. The topological polar surface area (TPSA) is 37.3 Å². The molecule has 0 aromatic heterocycles. The van der Waals surface area contributed by atoms with E-state index in [1.54, 1.807) is 24.3 Å². The van der Waals surface area contributed by atoms with Crippen molar-refractivity contribution in [1.82, 2.24) is 0 Å². The number of rotatable bonds is 3. The van der Waals surface area contributed by atoms with Gasteiger partial charge in [0.1, 0.15) is 0 Å². The minimum absolute atomic E-state index is 0.150. The molecule has 2 nitrogen and oxygen atoms in total. The van der Waals surface area contributed by atoms with E-state index >= 15 is 0 Å². The summed E-state index contributed by atoms with van der Waals surface area (Å²) in [6, 6.07) is 0. The van der Waals surface area contributed by atoms with Gasteiger partial charge in [-0.2, -0.15) is 0 Å². The number of allylic oxidation sites excluding steroid dienone is 2. The van der Waals surface area contributed by atoms with Crippen LogP contribution in [0.4, 0.5) is 0 Å². The monoisotopic (exact) mass is 242 g/mol. The molecule has 0 aliphatic heterocycles. The van der Waals surface area contributed by atoms with Gasteiger partial charge in [0.15, 0.2) is 0 Å². The second-order valence-electron chi connectivity index (χ2n) is 5.15. The average molecular weight is 242 g/mol. The predicted octanol–water partition coefficient (Wildman–Crippen LogP) is 3.86. The molecule has 0 spiro atoms. The fourth-order valence-electron chi connectivity index (χ4n) is 2.18. The Morgan fingerprint density at radius 3 is 2.25 bits per heavy atom. The number of carboxylic acid groups (broad SMARTS) is 1. The Bertz CT molecular complexity index is 293. The Labute approximate surface area is 103 Å². The zero-order valence-corrected chi connectivity index (χ0v) is 11.5. The van der Waals surface area contributed by atoms with Gasteiger partial charge in [0.2, 0.25) is 0 Å². The minimum atomic E-state index is -0.695. The molecular weight excluding hydrogens is 220 g/mol. The molecule has 3 heteroatoms. The normalized spacial score (nSPS) is 27.6. The molecule has 1 aliphatic rings. The molecule has 1 fully saturated rings. The standard InChI is InChI=1S/C13H22O2S/c1-9(2)11-5-7-13(4,8-6-11)16-10(3)12(14)15/h10H,5-8H2,1-4H3,(H,14,15). The van der Waals surface area contributed by atoms with Gasteiger partial charge in [0.25, 0.3) is 0 Å². The fraction of sp³-hybridized carbons (Fsp3) is 0.769. The lowest BCUT2D eigenvalue weighted by molar-refractivity contribution is -0.136. The average Bonchev–Trinajstić information content (AvgIpc) is 2.17. The molecule has 1 rings (SSSR count). The summed E-state index contributed by atoms with van der Waals surface area (Å²) >= 11 is 1.62. The highest BCUT2D eigenvalue weighted by Crippen LogP contribution is 2.43. The number of thioether (sulfide) groups is 1. The van der Waals surface area contributed by atoms with E-state index in [1.165, 1.54) is 5.57 Å². The maximum atomic E-state index is 10.9. The molecule has 1 unspecified atom stereocenters. The summed E-state index contributed by atoms with van der Waals surface area (Å²) in [6.07, 6.45) is 4.49. The van der Waals surface area contributed by atoms with Gasteiger partial charge in [-0.25, -0.2) is 0 Å². The van der Waals surface area contributed by atoms with E-state index in [9.17, 15) is 4.79 Å². The van der Waals surface area contributed by atoms with Crippen LogP contribution in [-0.2, 0) is 4.79 Å². The molecule has 0 aromatic carbocycles. The molecule has 0 aromatic rings. The summed E-state index contributed by atoms with van der Waals surface area (Å²) in [6.45, 7) is 8.34. The van der Waals surface area contributed by atoms with Gasteiger partial charge in [-0.05, 0) is 46.5 Å². The highest BCUT2D eigenvalue weighted by Gasteiger charge is 2.32. The zero-order chi connectivity index (χ0) is 12.3. The van der Waals surface area contributed by atoms with Gasteiger partial charge >= 0.3 is 5.97 Å². The lowest BCUT2D eigenvalue weighted by atomic mass is 9.84. The highest BCUT2D eigenvalue weighted by atomic mass is 32.2. The number of carboxylic acids is 1. The van der Waals surface area contributed by atoms with Crippen molar-refractivity contribution in [3.05, 3.63) is 11.1 Å². The molecule has 1 N–H and O–H groups in total. The first-order valence-electron chi connectivity index (χ1n) is 5.90. The van der Waals surface area contributed by atoms with Crippen LogP contribution in [0.25, 0.3) is 0 Å². The van der Waals surface area contributed by atoms with Gasteiger partial charge in [-0.1, -0.05) is 18.1 Å². The highest BCUT2D eigenvalue weighted by molar-refractivity contribution is 8.01. The zero-order valence-electron chi connectivity index (χ0n) is 10.7. The van der Waals surface area contributed by atoms with Crippen molar-refractivity contribution < 1.29 is 9.90 Å². The van der Waals surface area contributed by atoms with Crippen molar-refractivity contribution in [2.75, 3.05) is 0 Å². The Morgan fingerprint density at radius 1 is 1.38 bits per heavy atom. The van der Waals surface area contributed by atoms with Crippen LogP contribution in [0.2, 0.25) is 0 Å². The van der Waals surface area contributed by atoms with Crippen molar-refractivity contribution >= 4 is 17.7 Å². The van der Waals surface area contributed by atoms with Crippen LogP contribution >= 0.6 is 11.8 Å². The third-order valence-electron chi connectivity index (χ3n) is 3.43. The van der Waals surface area contributed by atoms with E-state index < -0.39 is 5.97 Å². The first-order valence-corrected chi connectivity index (χ1v) is 6.78. The van der Waals surface area contributed by atoms with E-state index in [0.29, 0.717) is 0 Å². The lowest BCUT2D eigenvalue weighted by Gasteiger charge is -2.36. The largest absolute Gasteiger partial charge is 0.480 e. The van der Waals surface area contributed by atoms with Gasteiger partial charge in [0, 0.05) is 4.75 Å². The van der Waals surface area contributed by atoms with Gasteiger partial charge in [-0.3, -0.25) is 4.79 Å². The summed E-state index contributed by atoms with van der Waals surface area (Å²) < 4.78 is 0.150. The molecule has 92 valence electrons. The van der Waals surface area contributed by atoms with Crippen LogP contribution in [0.1, 0.15) is 53.4 Å². The van der Waals surface area contributed by atoms with Gasteiger partial charge in [-0.15, -0.1) is 11.8 Å². The second-order valence-corrected chi connectivity index (χ2v) is 7.08. The van der Waals surface area contributed by atoms with E-state index in [0.717, 1.165) is 25.7 Å². The van der Waals surface area contributed by atoms with Gasteiger partial charge in [0.05, 0.1) is 5.25 Å². The van der Waals surface area contributed by atoms with Crippen molar-refractivity contribution in [2.24, 2.45) is 0 Å². The first-order chi connectivity index (χ1) is 7.34. The maximum Gasteiger partial charge on any atom is 0.316 e. The van der Waals surface area contributed by atoms with E-state index in [-0.39, 0.29) is 10.00 Å². The SMILES string of the molecule is CC(C)=C1CCC(C)(SC(C)C(=O)O)CC1. The summed E-state index contributed by atoms with van der Waals surface area (Å²) in [5.41, 5.74) is 3.01. The van der Waals surface area contributed by atoms with Crippen LogP contribution in [-0.4, -0.2) is 21.1 Å². The second kappa shape index (κ2) is 5.26. The maximum absolute atomic E-state index is 10.9. The van der Waals surface area contributed by atoms with E-state index in [1.807, 2.05) is 0 Å². The lowest BCUT2D eigenvalue weighted by Crippen LogP contribution is -2.29. The smallest absolute Gasteiger partial charge is 0.316 e. The van der Waals surface area contributed by atoms with Crippen molar-refractivity contribution in [3.8, 4) is 0 Å². The number of hydrogen-bond acceptors (Lipinski definition) is 2. The van der Waals surface area contributed by atoms with E-state index in [4.69, 9.17) is 5.11 Å². The Morgan fingerprint density at radius 2 is 1.88 bits per heavy atom. The third kappa shape index (κ3) is 3.55. The fourth-order valence-corrected chi connectivity index (χ4v) is 3.57. The van der Waals surface area contributed by atoms with Gasteiger partial charge < -0.3 is 5.11 Å². The predicted molar refractivity (Wildman–Crippen MR) is 69.9 cm³/mol. The van der Waals surface area contributed by atoms with Crippen LogP contribution in [0.3, 0.4) is 0 Å². The molecule has 1 atom stereocenters. The first kappa shape index (κ1) is 13.6. The van der Waals surface area contributed by atoms with Crippen molar-refractivity contribution in [1.29, 1.82) is 0 Å². The van der Waals surface area contributed by atoms with Crippen LogP contribution in [0.15, 0.2) is 11.1 Å². The van der Waals surface area contributed by atoms with Crippen LogP contribution in [0.5, 0.6) is 0 Å². The molecule has 1 aliphatic carbocycles. The molecule has 0 bridgehead atoms. The molecule has 0 heterocycles. The number of hydrogen-bond donors (Lipinski definition) is 1. The number of aliphatic carboxylic acids is 1. The summed E-state index contributed by atoms with van der Waals surface area (Å²) in [7, 11) is 0. The van der Waals surface area contributed by atoms with E-state index in [2.05, 4.69) is 20.8 Å². The molecule has 0 saturated heterocycles. The quantitative estimate of drug-likeness (QED) is 0.763. The van der Waals surface area contributed by atoms with Crippen LogP contribution in [0, 0.1) is 0 Å². The Kier molecular flexibility index (Phi) is 4.48. The molecular formula is C13H22O2S. The third-order valence-corrected chi connectivity index (χ3v) is 4.96. The molecule has 1 saturated carbocycles. The Hall–Kier alpha value is -0.440.